The molecule has 8 nitrogen and oxygen atoms in total. The molecule has 3 aromatic rings. The molecule has 0 bridgehead atoms. The second kappa shape index (κ2) is 8.38. The molecule has 2 aromatic heterocycles. The van der Waals surface area contributed by atoms with Gasteiger partial charge in [-0.15, -0.1) is 5.10 Å². The highest BCUT2D eigenvalue weighted by molar-refractivity contribution is 5.83. The molecular formula is C22H27N7O. The maximum Gasteiger partial charge on any atom is 0.225 e. The van der Waals surface area contributed by atoms with Gasteiger partial charge in [-0.3, -0.25) is 4.79 Å². The van der Waals surface area contributed by atoms with Crippen LogP contribution in [0.1, 0.15) is 37.7 Å². The van der Waals surface area contributed by atoms with Crippen LogP contribution in [0, 0.1) is 5.92 Å². The van der Waals surface area contributed by atoms with Gasteiger partial charge in [0.25, 0.3) is 0 Å². The Bertz CT molecular complexity index is 1000. The van der Waals surface area contributed by atoms with Gasteiger partial charge in [-0.05, 0) is 18.4 Å². The second-order valence-electron chi connectivity index (χ2n) is 8.25. The molecule has 1 aliphatic heterocycles. The van der Waals surface area contributed by atoms with E-state index < -0.39 is 0 Å². The van der Waals surface area contributed by atoms with Crippen LogP contribution in [-0.2, 0) is 11.3 Å². The highest BCUT2D eigenvalue weighted by Gasteiger charge is 2.29. The van der Waals surface area contributed by atoms with Gasteiger partial charge < -0.3 is 9.80 Å². The number of piperazine rings is 1. The van der Waals surface area contributed by atoms with Crippen LogP contribution in [0.5, 0.6) is 0 Å². The Balaban J connectivity index is 1.29. The normalized spacial score (nSPS) is 18.1. The summed E-state index contributed by atoms with van der Waals surface area (Å²) in [6.45, 7) is 3.61. The summed E-state index contributed by atoms with van der Waals surface area (Å²) in [4.78, 5) is 26.0. The van der Waals surface area contributed by atoms with E-state index in [4.69, 9.17) is 0 Å². The Kier molecular flexibility index (Phi) is 5.29. The molecule has 5 rings (SSSR count). The molecule has 0 spiro atoms. The summed E-state index contributed by atoms with van der Waals surface area (Å²) in [6, 6.07) is 10.2. The SMILES string of the molecule is O=C(C1CCCCC1)N1CCN(c2ncnc3c2nnn3Cc2ccccc2)CC1. The largest absolute Gasteiger partial charge is 0.351 e. The summed E-state index contributed by atoms with van der Waals surface area (Å²) < 4.78 is 1.82. The lowest BCUT2D eigenvalue weighted by molar-refractivity contribution is -0.136. The molecule has 0 unspecified atom stereocenters. The minimum Gasteiger partial charge on any atom is -0.351 e. The third-order valence-corrected chi connectivity index (χ3v) is 6.30. The number of aromatic nitrogens is 5. The minimum atomic E-state index is 0.231. The number of rotatable bonds is 4. The first-order chi connectivity index (χ1) is 14.8. The van der Waals surface area contributed by atoms with Crippen molar-refractivity contribution >= 4 is 22.9 Å². The zero-order chi connectivity index (χ0) is 20.3. The summed E-state index contributed by atoms with van der Waals surface area (Å²) >= 11 is 0. The number of fused-ring (bicyclic) bond motifs is 1. The van der Waals surface area contributed by atoms with Gasteiger partial charge in [0.2, 0.25) is 5.91 Å². The molecular weight excluding hydrogens is 378 g/mol. The lowest BCUT2D eigenvalue weighted by Crippen LogP contribution is -2.50. The van der Waals surface area contributed by atoms with Crippen molar-refractivity contribution in [3.63, 3.8) is 0 Å². The van der Waals surface area contributed by atoms with Crippen LogP contribution in [0.3, 0.4) is 0 Å². The van der Waals surface area contributed by atoms with Crippen LogP contribution in [0.2, 0.25) is 0 Å². The monoisotopic (exact) mass is 405 g/mol. The lowest BCUT2D eigenvalue weighted by Gasteiger charge is -2.37. The van der Waals surface area contributed by atoms with Gasteiger partial charge in [-0.1, -0.05) is 54.8 Å². The first kappa shape index (κ1) is 19.0. The Morgan fingerprint density at radius 1 is 0.967 bits per heavy atom. The van der Waals surface area contributed by atoms with Gasteiger partial charge in [-0.2, -0.15) is 0 Å². The molecule has 1 amide bonds. The van der Waals surface area contributed by atoms with Crippen molar-refractivity contribution in [1.82, 2.24) is 29.9 Å². The summed E-state index contributed by atoms with van der Waals surface area (Å²) in [5.41, 5.74) is 2.62. The fourth-order valence-corrected chi connectivity index (χ4v) is 4.62. The van der Waals surface area contributed by atoms with E-state index in [-0.39, 0.29) is 5.92 Å². The molecule has 156 valence electrons. The number of amides is 1. The van der Waals surface area contributed by atoms with Crippen molar-refractivity contribution in [2.45, 2.75) is 38.6 Å². The maximum absolute atomic E-state index is 12.8. The van der Waals surface area contributed by atoms with Crippen LogP contribution >= 0.6 is 0 Å². The smallest absolute Gasteiger partial charge is 0.225 e. The standard InChI is InChI=1S/C22H27N7O/c30-22(18-9-5-2-6-10-18)28-13-11-27(12-14-28)20-19-21(24-16-23-20)29(26-25-19)15-17-7-3-1-4-8-17/h1,3-4,7-8,16,18H,2,5-6,9-15H2. The molecule has 3 heterocycles. The zero-order valence-electron chi connectivity index (χ0n) is 17.2. The molecule has 1 saturated carbocycles. The molecule has 1 saturated heterocycles. The summed E-state index contributed by atoms with van der Waals surface area (Å²) in [5, 5.41) is 8.71. The quantitative estimate of drug-likeness (QED) is 0.664. The van der Waals surface area contributed by atoms with Crippen molar-refractivity contribution < 1.29 is 4.79 Å². The van der Waals surface area contributed by atoms with Gasteiger partial charge in [0.15, 0.2) is 17.0 Å². The van der Waals surface area contributed by atoms with Crippen molar-refractivity contribution in [3.8, 4) is 0 Å². The maximum atomic E-state index is 12.8. The molecule has 2 fully saturated rings. The topological polar surface area (TPSA) is 80.0 Å². The minimum absolute atomic E-state index is 0.231. The number of nitrogens with zero attached hydrogens (tertiary/aromatic N) is 7. The van der Waals surface area contributed by atoms with E-state index >= 15 is 0 Å². The van der Waals surface area contributed by atoms with Gasteiger partial charge in [0.1, 0.15) is 6.33 Å². The number of carbonyl (C=O) groups is 1. The Morgan fingerprint density at radius 2 is 1.73 bits per heavy atom. The van der Waals surface area contributed by atoms with Crippen molar-refractivity contribution in [1.29, 1.82) is 0 Å². The van der Waals surface area contributed by atoms with Crippen LogP contribution in [0.25, 0.3) is 11.2 Å². The number of anilines is 1. The number of benzene rings is 1. The Hall–Kier alpha value is -3.03. The lowest BCUT2D eigenvalue weighted by atomic mass is 9.88. The number of carbonyl (C=O) groups excluding carboxylic acids is 1. The van der Waals surface area contributed by atoms with E-state index in [2.05, 4.69) is 37.3 Å². The predicted molar refractivity (Wildman–Crippen MR) is 114 cm³/mol. The van der Waals surface area contributed by atoms with E-state index in [0.29, 0.717) is 12.5 Å². The van der Waals surface area contributed by atoms with Crippen molar-refractivity contribution in [3.05, 3.63) is 42.2 Å². The third-order valence-electron chi connectivity index (χ3n) is 6.30. The molecule has 1 aromatic carbocycles. The van der Waals surface area contributed by atoms with Crippen LogP contribution in [0.15, 0.2) is 36.7 Å². The summed E-state index contributed by atoms with van der Waals surface area (Å²) in [7, 11) is 0. The van der Waals surface area contributed by atoms with Gasteiger partial charge >= 0.3 is 0 Å². The van der Waals surface area contributed by atoms with Crippen LogP contribution in [-0.4, -0.2) is 61.9 Å². The van der Waals surface area contributed by atoms with Crippen LogP contribution < -0.4 is 4.90 Å². The zero-order valence-corrected chi connectivity index (χ0v) is 17.2. The Labute approximate surface area is 175 Å². The fourth-order valence-electron chi connectivity index (χ4n) is 4.62. The van der Waals surface area contributed by atoms with Crippen LogP contribution in [0.4, 0.5) is 5.82 Å². The fraction of sp³-hybridized carbons (Fsp3) is 0.500. The third kappa shape index (κ3) is 3.74. The Morgan fingerprint density at radius 3 is 2.50 bits per heavy atom. The summed E-state index contributed by atoms with van der Waals surface area (Å²) in [6.07, 6.45) is 7.34. The van der Waals surface area contributed by atoms with Gasteiger partial charge in [0, 0.05) is 32.1 Å². The highest BCUT2D eigenvalue weighted by atomic mass is 16.2. The average molecular weight is 406 g/mol. The molecule has 0 atom stereocenters. The van der Waals surface area contributed by atoms with Gasteiger partial charge in [0.05, 0.1) is 6.54 Å². The first-order valence-corrected chi connectivity index (χ1v) is 10.9. The van der Waals surface area contributed by atoms with E-state index in [1.165, 1.54) is 19.3 Å². The summed E-state index contributed by atoms with van der Waals surface area (Å²) in [5.74, 6) is 1.38. The second-order valence-corrected chi connectivity index (χ2v) is 8.25. The highest BCUT2D eigenvalue weighted by Crippen LogP contribution is 2.27. The molecule has 30 heavy (non-hydrogen) atoms. The average Bonchev–Trinajstić information content (AvgIpc) is 3.23. The number of hydrogen-bond donors (Lipinski definition) is 0. The first-order valence-electron chi connectivity index (χ1n) is 10.9. The van der Waals surface area contributed by atoms with Gasteiger partial charge in [-0.25, -0.2) is 14.6 Å². The van der Waals surface area contributed by atoms with E-state index in [0.717, 1.165) is 61.6 Å². The van der Waals surface area contributed by atoms with E-state index in [9.17, 15) is 4.79 Å². The molecule has 2 aliphatic rings. The molecule has 0 N–H and O–H groups in total. The van der Waals surface area contributed by atoms with E-state index in [1.54, 1.807) is 6.33 Å². The number of hydrogen-bond acceptors (Lipinski definition) is 6. The van der Waals surface area contributed by atoms with Crippen molar-refractivity contribution in [2.24, 2.45) is 5.92 Å². The van der Waals surface area contributed by atoms with E-state index in [1.807, 2.05) is 27.8 Å². The van der Waals surface area contributed by atoms with Crippen molar-refractivity contribution in [2.75, 3.05) is 31.1 Å². The predicted octanol–water partition coefficient (Wildman–Crippen LogP) is 2.50. The molecule has 1 aliphatic carbocycles. The molecule has 0 radical (unpaired) electrons. The molecule has 8 heteroatoms.